The highest BCUT2D eigenvalue weighted by atomic mass is 16.5. The van der Waals surface area contributed by atoms with E-state index in [1.807, 2.05) is 6.92 Å². The summed E-state index contributed by atoms with van der Waals surface area (Å²) in [5.74, 6) is 1.84. The minimum atomic E-state index is 0.339. The molecular formula is C17H28N2O. The third kappa shape index (κ3) is 4.22. The van der Waals surface area contributed by atoms with Crippen LogP contribution in [0.3, 0.4) is 0 Å². The molecule has 0 spiro atoms. The smallest absolute Gasteiger partial charge is 0.119 e. The van der Waals surface area contributed by atoms with Crippen LogP contribution < -0.4 is 10.5 Å². The average molecular weight is 276 g/mol. The van der Waals surface area contributed by atoms with Crippen LogP contribution in [0.15, 0.2) is 24.3 Å². The van der Waals surface area contributed by atoms with Crippen LogP contribution in [0.2, 0.25) is 0 Å². The van der Waals surface area contributed by atoms with Gasteiger partial charge in [-0.1, -0.05) is 19.1 Å². The minimum absolute atomic E-state index is 0.339. The van der Waals surface area contributed by atoms with Crippen LogP contribution in [-0.4, -0.2) is 31.1 Å². The lowest BCUT2D eigenvalue weighted by molar-refractivity contribution is 0.193. The summed E-state index contributed by atoms with van der Waals surface area (Å²) in [7, 11) is 0. The Morgan fingerprint density at radius 3 is 2.45 bits per heavy atom. The number of benzene rings is 1. The van der Waals surface area contributed by atoms with E-state index in [0.717, 1.165) is 18.2 Å². The minimum Gasteiger partial charge on any atom is -0.494 e. The predicted molar refractivity (Wildman–Crippen MR) is 84.0 cm³/mol. The van der Waals surface area contributed by atoms with Gasteiger partial charge in [0.05, 0.1) is 6.61 Å². The zero-order chi connectivity index (χ0) is 14.4. The number of nitrogens with two attached hydrogens (primary N) is 1. The van der Waals surface area contributed by atoms with Gasteiger partial charge in [-0.2, -0.15) is 0 Å². The summed E-state index contributed by atoms with van der Waals surface area (Å²) in [5.41, 5.74) is 7.37. The summed E-state index contributed by atoms with van der Waals surface area (Å²) in [5, 5.41) is 0. The Labute approximate surface area is 123 Å². The second kappa shape index (κ2) is 7.65. The number of hydrogen-bond acceptors (Lipinski definition) is 3. The molecule has 3 nitrogen and oxygen atoms in total. The third-order valence-corrected chi connectivity index (χ3v) is 3.94. The van der Waals surface area contributed by atoms with Crippen LogP contribution in [0.1, 0.15) is 44.7 Å². The van der Waals surface area contributed by atoms with E-state index in [4.69, 9.17) is 10.5 Å². The van der Waals surface area contributed by atoms with E-state index in [9.17, 15) is 0 Å². The van der Waals surface area contributed by atoms with E-state index in [1.54, 1.807) is 0 Å². The van der Waals surface area contributed by atoms with E-state index >= 15 is 0 Å². The Morgan fingerprint density at radius 2 is 1.95 bits per heavy atom. The number of hydrogen-bond donors (Lipinski definition) is 1. The van der Waals surface area contributed by atoms with Gasteiger partial charge in [0.2, 0.25) is 0 Å². The van der Waals surface area contributed by atoms with E-state index < -0.39 is 0 Å². The van der Waals surface area contributed by atoms with Gasteiger partial charge in [0.15, 0.2) is 0 Å². The van der Waals surface area contributed by atoms with Crippen molar-refractivity contribution < 1.29 is 4.74 Å². The molecular weight excluding hydrogens is 248 g/mol. The summed E-state index contributed by atoms with van der Waals surface area (Å²) in [6, 6.07) is 8.79. The molecule has 1 aromatic rings. The topological polar surface area (TPSA) is 38.5 Å². The molecule has 1 aliphatic rings. The predicted octanol–water partition coefficient (Wildman–Crippen LogP) is 3.21. The molecule has 3 heteroatoms. The zero-order valence-corrected chi connectivity index (χ0v) is 12.8. The molecule has 0 saturated heterocycles. The molecule has 0 amide bonds. The summed E-state index contributed by atoms with van der Waals surface area (Å²) < 4.78 is 5.51. The first kappa shape index (κ1) is 15.3. The molecule has 112 valence electrons. The molecule has 1 aromatic carbocycles. The molecule has 1 aliphatic carbocycles. The standard InChI is InChI=1S/C17H28N2O/c1-3-11-19(13-14-5-6-14)17(12-18)15-7-9-16(10-8-15)20-4-2/h7-10,14,17H,3-6,11-13,18H2,1-2H3. The van der Waals surface area contributed by atoms with Crippen molar-refractivity contribution in [1.29, 1.82) is 0 Å². The summed E-state index contributed by atoms with van der Waals surface area (Å²) in [4.78, 5) is 2.56. The highest BCUT2D eigenvalue weighted by Crippen LogP contribution is 2.33. The van der Waals surface area contributed by atoms with E-state index in [1.165, 1.54) is 31.4 Å². The van der Waals surface area contributed by atoms with Gasteiger partial charge in [-0.3, -0.25) is 4.90 Å². The number of ether oxygens (including phenoxy) is 1. The molecule has 2 rings (SSSR count). The second-order valence-corrected chi connectivity index (χ2v) is 5.69. The number of nitrogens with zero attached hydrogens (tertiary/aromatic N) is 1. The molecule has 1 atom stereocenters. The third-order valence-electron chi connectivity index (χ3n) is 3.94. The molecule has 1 unspecified atom stereocenters. The highest BCUT2D eigenvalue weighted by molar-refractivity contribution is 5.29. The van der Waals surface area contributed by atoms with Gasteiger partial charge >= 0.3 is 0 Å². The second-order valence-electron chi connectivity index (χ2n) is 5.69. The molecule has 20 heavy (non-hydrogen) atoms. The molecule has 0 aliphatic heterocycles. The van der Waals surface area contributed by atoms with Crippen molar-refractivity contribution in [1.82, 2.24) is 4.90 Å². The Bertz CT molecular complexity index is 386. The van der Waals surface area contributed by atoms with Crippen molar-refractivity contribution in [2.45, 2.75) is 39.2 Å². The molecule has 0 heterocycles. The molecule has 0 aromatic heterocycles. The van der Waals surface area contributed by atoms with Crippen molar-refractivity contribution in [2.24, 2.45) is 11.7 Å². The van der Waals surface area contributed by atoms with Gasteiger partial charge < -0.3 is 10.5 Å². The Morgan fingerprint density at radius 1 is 1.25 bits per heavy atom. The maximum atomic E-state index is 6.06. The normalized spacial score (nSPS) is 16.4. The van der Waals surface area contributed by atoms with Gasteiger partial charge in [-0.15, -0.1) is 0 Å². The van der Waals surface area contributed by atoms with E-state index in [2.05, 4.69) is 36.1 Å². The monoisotopic (exact) mass is 276 g/mol. The molecule has 2 N–H and O–H groups in total. The van der Waals surface area contributed by atoms with Crippen molar-refractivity contribution >= 4 is 0 Å². The van der Waals surface area contributed by atoms with Crippen LogP contribution in [0.25, 0.3) is 0 Å². The lowest BCUT2D eigenvalue weighted by atomic mass is 10.0. The van der Waals surface area contributed by atoms with Crippen LogP contribution in [0.4, 0.5) is 0 Å². The lowest BCUT2D eigenvalue weighted by Gasteiger charge is -2.31. The van der Waals surface area contributed by atoms with Crippen LogP contribution in [-0.2, 0) is 0 Å². The molecule has 0 bridgehead atoms. The Hall–Kier alpha value is -1.06. The van der Waals surface area contributed by atoms with Crippen LogP contribution in [0, 0.1) is 5.92 Å². The van der Waals surface area contributed by atoms with Gasteiger partial charge in [-0.05, 0) is 56.3 Å². The fraction of sp³-hybridized carbons (Fsp3) is 0.647. The zero-order valence-electron chi connectivity index (χ0n) is 12.8. The lowest BCUT2D eigenvalue weighted by Crippen LogP contribution is -2.35. The largest absolute Gasteiger partial charge is 0.494 e. The molecule has 0 radical (unpaired) electrons. The number of rotatable bonds is 9. The fourth-order valence-electron chi connectivity index (χ4n) is 2.74. The van der Waals surface area contributed by atoms with E-state index in [0.29, 0.717) is 19.2 Å². The summed E-state index contributed by atoms with van der Waals surface area (Å²) >= 11 is 0. The van der Waals surface area contributed by atoms with Gasteiger partial charge in [0, 0.05) is 19.1 Å². The first-order valence-corrected chi connectivity index (χ1v) is 7.95. The molecule has 1 fully saturated rings. The summed E-state index contributed by atoms with van der Waals surface area (Å²) in [6.45, 7) is 7.97. The maximum absolute atomic E-state index is 6.06. The summed E-state index contributed by atoms with van der Waals surface area (Å²) in [6.07, 6.45) is 3.96. The van der Waals surface area contributed by atoms with Gasteiger partial charge in [0.1, 0.15) is 5.75 Å². The van der Waals surface area contributed by atoms with Crippen molar-refractivity contribution in [3.05, 3.63) is 29.8 Å². The van der Waals surface area contributed by atoms with Crippen molar-refractivity contribution in [3.8, 4) is 5.75 Å². The Kier molecular flexibility index (Phi) is 5.86. The van der Waals surface area contributed by atoms with Crippen molar-refractivity contribution in [3.63, 3.8) is 0 Å². The molecule has 1 saturated carbocycles. The van der Waals surface area contributed by atoms with Gasteiger partial charge in [-0.25, -0.2) is 0 Å². The fourth-order valence-corrected chi connectivity index (χ4v) is 2.74. The van der Waals surface area contributed by atoms with Crippen LogP contribution in [0.5, 0.6) is 5.75 Å². The first-order chi connectivity index (χ1) is 9.78. The average Bonchev–Trinajstić information content (AvgIpc) is 3.26. The van der Waals surface area contributed by atoms with Crippen molar-refractivity contribution in [2.75, 3.05) is 26.2 Å². The van der Waals surface area contributed by atoms with E-state index in [-0.39, 0.29) is 0 Å². The highest BCUT2D eigenvalue weighted by Gasteiger charge is 2.27. The van der Waals surface area contributed by atoms with Gasteiger partial charge in [0.25, 0.3) is 0 Å². The SMILES string of the molecule is CCCN(CC1CC1)C(CN)c1ccc(OCC)cc1. The Balaban J connectivity index is 2.06. The quantitative estimate of drug-likeness (QED) is 0.752. The van der Waals surface area contributed by atoms with Crippen LogP contribution >= 0.6 is 0 Å². The maximum Gasteiger partial charge on any atom is 0.119 e. The first-order valence-electron chi connectivity index (χ1n) is 7.95.